The first kappa shape index (κ1) is 25.9. The summed E-state index contributed by atoms with van der Waals surface area (Å²) in [5, 5.41) is 4.77. The predicted molar refractivity (Wildman–Crippen MR) is 159 cm³/mol. The van der Waals surface area contributed by atoms with Gasteiger partial charge in [0.1, 0.15) is 0 Å². The topological polar surface area (TPSA) is 65.2 Å². The molecule has 8 rings (SSSR count). The third kappa shape index (κ3) is 4.55. The molecule has 5 nitrogen and oxygen atoms in total. The van der Waals surface area contributed by atoms with Crippen LogP contribution < -0.4 is 5.32 Å². The minimum Gasteiger partial charge on any atom is -0.358 e. The van der Waals surface area contributed by atoms with Gasteiger partial charge in [-0.2, -0.15) is 0 Å². The summed E-state index contributed by atoms with van der Waals surface area (Å²) in [6, 6.07) is 18.6. The van der Waals surface area contributed by atoms with Crippen LogP contribution >= 0.6 is 0 Å². The average Bonchev–Trinajstić information content (AvgIpc) is 3.24. The second-order valence-electron chi connectivity index (χ2n) is 14.3. The summed E-state index contributed by atoms with van der Waals surface area (Å²) in [5.74, 6) is 3.00. The molecule has 2 aromatic carbocycles. The van der Waals surface area contributed by atoms with E-state index in [0.29, 0.717) is 18.9 Å². The quantitative estimate of drug-likeness (QED) is 0.335. The van der Waals surface area contributed by atoms with Gasteiger partial charge in [-0.05, 0) is 97.6 Å². The van der Waals surface area contributed by atoms with E-state index in [1.807, 2.05) is 23.1 Å². The number of aromatic amines is 1. The number of para-hydroxylation sites is 1. The molecular weight excluding hydrogens is 494 g/mol. The number of aromatic nitrogens is 1. The second kappa shape index (κ2) is 9.49. The highest BCUT2D eigenvalue weighted by atomic mass is 16.2. The zero-order valence-corrected chi connectivity index (χ0v) is 24.2. The molecule has 5 aliphatic carbocycles. The van der Waals surface area contributed by atoms with Gasteiger partial charge in [-0.1, -0.05) is 62.4 Å². The summed E-state index contributed by atoms with van der Waals surface area (Å²) in [4.78, 5) is 33.0. The predicted octanol–water partition coefficient (Wildman–Crippen LogP) is 6.72. The van der Waals surface area contributed by atoms with Crippen LogP contribution in [0.25, 0.3) is 10.9 Å². The minimum absolute atomic E-state index is 0.0188. The van der Waals surface area contributed by atoms with Crippen molar-refractivity contribution in [3.63, 3.8) is 0 Å². The van der Waals surface area contributed by atoms with Crippen molar-refractivity contribution >= 4 is 22.7 Å². The van der Waals surface area contributed by atoms with Crippen molar-refractivity contribution in [1.29, 1.82) is 0 Å². The maximum absolute atomic E-state index is 14.0. The van der Waals surface area contributed by atoms with Crippen molar-refractivity contribution in [1.82, 2.24) is 15.2 Å². The molecule has 2 atom stereocenters. The molecule has 1 aromatic heterocycles. The molecule has 4 bridgehead atoms. The molecule has 0 spiro atoms. The van der Waals surface area contributed by atoms with Crippen molar-refractivity contribution in [2.24, 2.45) is 29.1 Å². The summed E-state index contributed by atoms with van der Waals surface area (Å²) in [6.45, 7) is 7.34. The first-order chi connectivity index (χ1) is 19.2. The molecular formula is C35H43N3O2. The fourth-order valence-electron chi connectivity index (χ4n) is 9.52. The second-order valence-corrected chi connectivity index (χ2v) is 14.3. The van der Waals surface area contributed by atoms with Gasteiger partial charge in [-0.3, -0.25) is 9.59 Å². The smallest absolute Gasteiger partial charge is 0.240 e. The van der Waals surface area contributed by atoms with Crippen LogP contribution in [0.1, 0.15) is 81.5 Å². The van der Waals surface area contributed by atoms with Gasteiger partial charge in [0.15, 0.2) is 0 Å². The lowest BCUT2D eigenvalue weighted by atomic mass is 9.53. The summed E-state index contributed by atoms with van der Waals surface area (Å²) in [5.41, 5.74) is 4.78. The van der Waals surface area contributed by atoms with Gasteiger partial charge in [0.2, 0.25) is 11.8 Å². The van der Waals surface area contributed by atoms with E-state index in [4.69, 9.17) is 0 Å². The standard InChI is InChI=1S/C35H43N3O2/c1-22-32(27-11-7-8-12-29(27)36-22)33-28(34(33,2)3)16-31(40)38(20-23-9-5-4-6-10-23)21-30(39)37-35-17-24-13-25(18-35)15-26(14-24)19-35/h4-12,24-26,28,33,36H,13-21H2,1-3H3,(H,37,39)/t24?,25?,26?,28-,33-,35?/m0/s1. The molecule has 5 saturated carbocycles. The lowest BCUT2D eigenvalue weighted by molar-refractivity contribution is -0.139. The van der Waals surface area contributed by atoms with Crippen molar-refractivity contribution in [2.45, 2.75) is 83.7 Å². The lowest BCUT2D eigenvalue weighted by Gasteiger charge is -2.57. The monoisotopic (exact) mass is 537 g/mol. The normalized spacial score (nSPS) is 31.3. The van der Waals surface area contributed by atoms with Crippen LogP contribution in [0.2, 0.25) is 0 Å². The fourth-order valence-corrected chi connectivity index (χ4v) is 9.52. The molecule has 5 fully saturated rings. The third-order valence-electron chi connectivity index (χ3n) is 11.0. The Kier molecular flexibility index (Phi) is 6.14. The van der Waals surface area contributed by atoms with Crippen LogP contribution in [0.3, 0.4) is 0 Å². The van der Waals surface area contributed by atoms with Crippen LogP contribution in [-0.2, 0) is 16.1 Å². The SMILES string of the molecule is Cc1[nH]c2ccccc2c1[C@@H]1[C@H](CC(=O)N(CC(=O)NC23CC4CC(CC(C4)C2)C3)Cc2ccccc2)C1(C)C. The maximum Gasteiger partial charge on any atom is 0.240 e. The number of benzene rings is 2. The van der Waals surface area contributed by atoms with Crippen LogP contribution in [0.15, 0.2) is 54.6 Å². The average molecular weight is 538 g/mol. The van der Waals surface area contributed by atoms with E-state index in [1.54, 1.807) is 0 Å². The summed E-state index contributed by atoms with van der Waals surface area (Å²) < 4.78 is 0. The number of fused-ring (bicyclic) bond motifs is 1. The zero-order valence-electron chi connectivity index (χ0n) is 24.2. The number of rotatable bonds is 8. The van der Waals surface area contributed by atoms with Gasteiger partial charge >= 0.3 is 0 Å². The van der Waals surface area contributed by atoms with Gasteiger partial charge in [-0.25, -0.2) is 0 Å². The van der Waals surface area contributed by atoms with Crippen molar-refractivity contribution in [3.05, 3.63) is 71.4 Å². The van der Waals surface area contributed by atoms with E-state index in [1.165, 1.54) is 35.9 Å². The molecule has 0 saturated heterocycles. The largest absolute Gasteiger partial charge is 0.358 e. The molecule has 0 radical (unpaired) electrons. The molecule has 2 amide bonds. The van der Waals surface area contributed by atoms with Gasteiger partial charge < -0.3 is 15.2 Å². The summed E-state index contributed by atoms with van der Waals surface area (Å²) in [7, 11) is 0. The molecule has 210 valence electrons. The highest BCUT2D eigenvalue weighted by Crippen LogP contribution is 2.67. The molecule has 2 N–H and O–H groups in total. The summed E-state index contributed by atoms with van der Waals surface area (Å²) in [6.07, 6.45) is 7.89. The molecule has 1 heterocycles. The van der Waals surface area contributed by atoms with Crippen LogP contribution in [0, 0.1) is 36.0 Å². The number of nitrogens with one attached hydrogen (secondary N) is 2. The van der Waals surface area contributed by atoms with E-state index >= 15 is 0 Å². The Bertz CT molecular complexity index is 1400. The van der Waals surface area contributed by atoms with Crippen LogP contribution in [0.4, 0.5) is 0 Å². The van der Waals surface area contributed by atoms with Gasteiger partial charge in [-0.15, -0.1) is 0 Å². The number of carbonyl (C=O) groups excluding carboxylic acids is 2. The van der Waals surface area contributed by atoms with E-state index in [2.05, 4.69) is 67.5 Å². The van der Waals surface area contributed by atoms with Crippen molar-refractivity contribution in [2.75, 3.05) is 6.54 Å². The van der Waals surface area contributed by atoms with E-state index < -0.39 is 0 Å². The molecule has 0 aliphatic heterocycles. The molecule has 0 unspecified atom stereocenters. The Hall–Kier alpha value is -3.08. The van der Waals surface area contributed by atoms with Crippen molar-refractivity contribution in [3.8, 4) is 0 Å². The van der Waals surface area contributed by atoms with Crippen LogP contribution in [0.5, 0.6) is 0 Å². The molecule has 40 heavy (non-hydrogen) atoms. The molecule has 3 aromatic rings. The number of carbonyl (C=O) groups is 2. The Balaban J connectivity index is 1.09. The zero-order chi connectivity index (χ0) is 27.6. The number of hydrogen-bond acceptors (Lipinski definition) is 2. The van der Waals surface area contributed by atoms with E-state index in [0.717, 1.165) is 48.1 Å². The van der Waals surface area contributed by atoms with Gasteiger partial charge in [0.05, 0.1) is 6.54 Å². The highest BCUT2D eigenvalue weighted by molar-refractivity contribution is 5.88. The Morgan fingerprint density at radius 1 is 0.925 bits per heavy atom. The first-order valence-electron chi connectivity index (χ1n) is 15.4. The number of hydrogen-bond donors (Lipinski definition) is 2. The fraction of sp³-hybridized carbons (Fsp3) is 0.543. The highest BCUT2D eigenvalue weighted by Gasteiger charge is 2.60. The molecule has 5 heteroatoms. The molecule has 5 aliphatic rings. The van der Waals surface area contributed by atoms with Gasteiger partial charge in [0, 0.05) is 35.1 Å². The van der Waals surface area contributed by atoms with Crippen LogP contribution in [-0.4, -0.2) is 33.8 Å². The number of amides is 2. The Morgan fingerprint density at radius 2 is 1.55 bits per heavy atom. The minimum atomic E-state index is -0.0380. The third-order valence-corrected chi connectivity index (χ3v) is 11.0. The van der Waals surface area contributed by atoms with Gasteiger partial charge in [0.25, 0.3) is 0 Å². The Labute approximate surface area is 238 Å². The first-order valence-corrected chi connectivity index (χ1v) is 15.4. The van der Waals surface area contributed by atoms with E-state index in [9.17, 15) is 9.59 Å². The number of aryl methyl sites for hydroxylation is 1. The van der Waals surface area contributed by atoms with Crippen molar-refractivity contribution < 1.29 is 9.59 Å². The Morgan fingerprint density at radius 3 is 2.23 bits per heavy atom. The number of H-pyrrole nitrogens is 1. The summed E-state index contributed by atoms with van der Waals surface area (Å²) >= 11 is 0. The lowest BCUT2D eigenvalue weighted by Crippen LogP contribution is -2.61. The van der Waals surface area contributed by atoms with E-state index in [-0.39, 0.29) is 35.2 Å². The number of nitrogens with zero attached hydrogens (tertiary/aromatic N) is 1. The maximum atomic E-state index is 14.0.